The summed E-state index contributed by atoms with van der Waals surface area (Å²) in [5, 5.41) is 0. The van der Waals surface area contributed by atoms with Gasteiger partial charge in [-0.25, -0.2) is 0 Å². The van der Waals surface area contributed by atoms with Crippen LogP contribution in [0.5, 0.6) is 0 Å². The van der Waals surface area contributed by atoms with Crippen molar-refractivity contribution in [3.05, 3.63) is 131 Å². The van der Waals surface area contributed by atoms with Crippen LogP contribution in [0.2, 0.25) is 0 Å². The summed E-state index contributed by atoms with van der Waals surface area (Å²) in [6.45, 7) is 0. The molecule has 0 saturated carbocycles. The zero-order valence-electron chi connectivity index (χ0n) is 22.4. The summed E-state index contributed by atoms with van der Waals surface area (Å²) in [7, 11) is 8.11. The van der Waals surface area contributed by atoms with Gasteiger partial charge in [0.25, 0.3) is 0 Å². The van der Waals surface area contributed by atoms with E-state index in [2.05, 4.69) is 109 Å². The third kappa shape index (κ3) is 9.48. The molecular formula is C32H34N2NiS4. The van der Waals surface area contributed by atoms with E-state index in [0.717, 1.165) is 41.9 Å². The molecule has 0 amide bonds. The van der Waals surface area contributed by atoms with Crippen LogP contribution in [0.25, 0.3) is 19.6 Å². The van der Waals surface area contributed by atoms with E-state index in [1.54, 1.807) is 0 Å². The minimum Gasteiger partial charge on any atom is -0.378 e. The molecule has 2 nitrogen and oxygen atoms in total. The second-order valence-corrected chi connectivity index (χ2v) is 10.8. The van der Waals surface area contributed by atoms with Gasteiger partial charge in [0.05, 0.1) is 0 Å². The van der Waals surface area contributed by atoms with E-state index in [1.165, 1.54) is 11.4 Å². The average molecular weight is 634 g/mol. The predicted octanol–water partition coefficient (Wildman–Crippen LogP) is 8.87. The van der Waals surface area contributed by atoms with Crippen molar-refractivity contribution in [1.29, 1.82) is 0 Å². The van der Waals surface area contributed by atoms with Gasteiger partial charge in [0.2, 0.25) is 0 Å². The topological polar surface area (TPSA) is 6.48 Å². The van der Waals surface area contributed by atoms with Crippen LogP contribution in [-0.4, -0.2) is 28.2 Å². The van der Waals surface area contributed by atoms with Crippen molar-refractivity contribution in [2.45, 2.75) is 0 Å². The van der Waals surface area contributed by atoms with Crippen molar-refractivity contribution in [2.24, 2.45) is 0 Å². The van der Waals surface area contributed by atoms with E-state index in [9.17, 15) is 0 Å². The Kier molecular flexibility index (Phi) is 13.7. The smallest absolute Gasteiger partial charge is 0.0361 e. The molecule has 4 aromatic rings. The molecule has 0 aliphatic carbocycles. The molecule has 0 aliphatic rings. The van der Waals surface area contributed by atoms with E-state index in [4.69, 9.17) is 0 Å². The molecule has 0 aromatic heterocycles. The number of hydrogen-bond acceptors (Lipinski definition) is 6. The van der Waals surface area contributed by atoms with Crippen LogP contribution < -0.4 is 9.80 Å². The minimum atomic E-state index is 0. The number of rotatable bonds is 6. The van der Waals surface area contributed by atoms with Crippen molar-refractivity contribution in [3.63, 3.8) is 0 Å². The largest absolute Gasteiger partial charge is 0.378 e. The maximum Gasteiger partial charge on any atom is 0.0361 e. The Morgan fingerprint density at radius 3 is 0.846 bits per heavy atom. The van der Waals surface area contributed by atoms with Crippen LogP contribution in [0.3, 0.4) is 0 Å². The van der Waals surface area contributed by atoms with Gasteiger partial charge >= 0.3 is 0 Å². The Labute approximate surface area is 265 Å². The summed E-state index contributed by atoms with van der Waals surface area (Å²) in [6.07, 6.45) is 0. The van der Waals surface area contributed by atoms with Crippen molar-refractivity contribution in [1.82, 2.24) is 0 Å². The molecule has 206 valence electrons. The van der Waals surface area contributed by atoms with E-state index >= 15 is 0 Å². The standard InChI is InChI=1S/2C16H17NS2.Ni/c2*1-17(2)14-10-8-13(9-11-14)16(19)15(18)12-6-4-3-5-7-12;/h2*3-11,18-19H,1-2H3;/b2*16-15+;. The van der Waals surface area contributed by atoms with Crippen LogP contribution in [0.4, 0.5) is 11.4 Å². The van der Waals surface area contributed by atoms with Gasteiger partial charge in [-0.05, 0) is 46.5 Å². The van der Waals surface area contributed by atoms with Gasteiger partial charge in [-0.1, -0.05) is 84.9 Å². The first-order chi connectivity index (χ1) is 18.2. The van der Waals surface area contributed by atoms with Gasteiger partial charge in [-0.3, -0.25) is 0 Å². The van der Waals surface area contributed by atoms with Gasteiger partial charge in [0, 0.05) is 75.7 Å². The molecule has 4 aromatic carbocycles. The second kappa shape index (κ2) is 16.2. The molecular weight excluding hydrogens is 599 g/mol. The van der Waals surface area contributed by atoms with Crippen LogP contribution in [0.15, 0.2) is 109 Å². The summed E-state index contributed by atoms with van der Waals surface area (Å²) >= 11 is 18.4. The van der Waals surface area contributed by atoms with Gasteiger partial charge in [-0.2, -0.15) is 0 Å². The summed E-state index contributed by atoms with van der Waals surface area (Å²) < 4.78 is 0. The first-order valence-electron chi connectivity index (χ1n) is 12.1. The molecule has 0 radical (unpaired) electrons. The van der Waals surface area contributed by atoms with Gasteiger partial charge in [-0.15, -0.1) is 50.5 Å². The number of hydrogen-bond donors (Lipinski definition) is 4. The minimum absolute atomic E-state index is 0. The van der Waals surface area contributed by atoms with E-state index in [1.807, 2.05) is 88.9 Å². The molecule has 0 N–H and O–H groups in total. The molecule has 0 unspecified atom stereocenters. The quantitative estimate of drug-likeness (QED) is 0.0958. The Balaban J connectivity index is 0.000000267. The van der Waals surface area contributed by atoms with Crippen molar-refractivity contribution < 1.29 is 16.5 Å². The third-order valence-electron chi connectivity index (χ3n) is 5.86. The van der Waals surface area contributed by atoms with Crippen molar-refractivity contribution in [3.8, 4) is 0 Å². The molecule has 4 rings (SSSR count). The van der Waals surface area contributed by atoms with Crippen LogP contribution in [0.1, 0.15) is 22.3 Å². The summed E-state index contributed by atoms with van der Waals surface area (Å²) in [6, 6.07) is 36.7. The fourth-order valence-electron chi connectivity index (χ4n) is 3.57. The molecule has 0 atom stereocenters. The summed E-state index contributed by atoms with van der Waals surface area (Å²) in [5.41, 5.74) is 6.64. The van der Waals surface area contributed by atoms with Gasteiger partial charge in [0.1, 0.15) is 0 Å². The normalized spacial score (nSPS) is 11.7. The maximum absolute atomic E-state index is 4.60. The van der Waals surface area contributed by atoms with Crippen molar-refractivity contribution in [2.75, 3.05) is 38.0 Å². The Bertz CT molecular complexity index is 1260. The third-order valence-corrected chi connectivity index (χ3v) is 8.14. The van der Waals surface area contributed by atoms with Crippen LogP contribution in [-0.2, 0) is 16.5 Å². The van der Waals surface area contributed by atoms with Crippen LogP contribution >= 0.6 is 50.5 Å². The zero-order valence-corrected chi connectivity index (χ0v) is 27.0. The number of nitrogens with zero attached hydrogens (tertiary/aromatic N) is 2. The van der Waals surface area contributed by atoms with Crippen molar-refractivity contribution >= 4 is 81.5 Å². The van der Waals surface area contributed by atoms with Gasteiger partial charge < -0.3 is 9.80 Å². The number of benzene rings is 4. The molecule has 0 saturated heterocycles. The number of thiol groups is 4. The predicted molar refractivity (Wildman–Crippen MR) is 184 cm³/mol. The first-order valence-corrected chi connectivity index (χ1v) is 13.9. The van der Waals surface area contributed by atoms with E-state index < -0.39 is 0 Å². The molecule has 0 aliphatic heterocycles. The van der Waals surface area contributed by atoms with E-state index in [0.29, 0.717) is 0 Å². The molecule has 0 spiro atoms. The van der Waals surface area contributed by atoms with E-state index in [-0.39, 0.29) is 16.5 Å². The Hall–Kier alpha value is -2.15. The zero-order chi connectivity index (χ0) is 27.7. The fraction of sp³-hybridized carbons (Fsp3) is 0.125. The average Bonchev–Trinajstić information content (AvgIpc) is 2.97. The van der Waals surface area contributed by atoms with Crippen LogP contribution in [0, 0.1) is 0 Å². The fourth-order valence-corrected chi connectivity index (χ4v) is 4.69. The number of anilines is 2. The first kappa shape index (κ1) is 33.1. The molecule has 0 fully saturated rings. The monoisotopic (exact) mass is 632 g/mol. The maximum atomic E-state index is 4.60. The molecule has 0 bridgehead atoms. The summed E-state index contributed by atoms with van der Waals surface area (Å²) in [5.74, 6) is 0. The summed E-state index contributed by atoms with van der Waals surface area (Å²) in [4.78, 5) is 7.71. The molecule has 39 heavy (non-hydrogen) atoms. The Morgan fingerprint density at radius 1 is 0.385 bits per heavy atom. The van der Waals surface area contributed by atoms with Gasteiger partial charge in [0.15, 0.2) is 0 Å². The SMILES string of the molecule is CN(C)c1ccc(/C(S)=C(\S)c2ccccc2)cc1.CN(C)c1ccc(/C(S)=C(\S)c2ccccc2)cc1.[Ni]. The second-order valence-electron chi connectivity index (χ2n) is 9.01. The molecule has 0 heterocycles. The molecule has 7 heteroatoms. The Morgan fingerprint density at radius 2 is 0.615 bits per heavy atom.